The maximum absolute atomic E-state index is 5.46. The van der Waals surface area contributed by atoms with Crippen LogP contribution in [-0.4, -0.2) is 26.4 Å². The minimum absolute atomic E-state index is 0.351. The molecule has 0 amide bonds. The van der Waals surface area contributed by atoms with E-state index in [1.54, 1.807) is 0 Å². The Morgan fingerprint density at radius 3 is 2.19 bits per heavy atom. The van der Waals surface area contributed by atoms with Crippen LogP contribution in [0.1, 0.15) is 41.0 Å². The second kappa shape index (κ2) is 8.61. The molecule has 16 heavy (non-hydrogen) atoms. The van der Waals surface area contributed by atoms with E-state index in [-0.39, 0.29) is 0 Å². The van der Waals surface area contributed by atoms with Gasteiger partial charge in [-0.1, -0.05) is 46.5 Å². The van der Waals surface area contributed by atoms with Gasteiger partial charge in [-0.3, -0.25) is 0 Å². The first-order chi connectivity index (χ1) is 7.42. The summed E-state index contributed by atoms with van der Waals surface area (Å²) in [6, 6.07) is 0. The van der Waals surface area contributed by atoms with Crippen LogP contribution in [0.2, 0.25) is 0 Å². The van der Waals surface area contributed by atoms with Gasteiger partial charge in [0, 0.05) is 12.5 Å². The van der Waals surface area contributed by atoms with Crippen molar-refractivity contribution < 1.29 is 9.47 Å². The molecule has 0 heterocycles. The van der Waals surface area contributed by atoms with E-state index in [9.17, 15) is 0 Å². The van der Waals surface area contributed by atoms with Crippen LogP contribution in [0.15, 0.2) is 0 Å². The van der Waals surface area contributed by atoms with Crippen molar-refractivity contribution in [1.29, 1.82) is 0 Å². The smallest absolute Gasteiger partial charge is 0.107 e. The SMILES string of the molecule is CC(C)C#CCOCCOCCC(C)(C)C. The average molecular weight is 226 g/mol. The molecule has 0 aliphatic rings. The normalized spacial score (nSPS) is 11.4. The molecule has 0 bridgehead atoms. The predicted octanol–water partition coefficient (Wildman–Crippen LogP) is 3.12. The van der Waals surface area contributed by atoms with Crippen molar-refractivity contribution in [1.82, 2.24) is 0 Å². The van der Waals surface area contributed by atoms with Crippen LogP contribution in [-0.2, 0) is 9.47 Å². The molecular formula is C14H26O2. The molecule has 0 saturated carbocycles. The van der Waals surface area contributed by atoms with Crippen LogP contribution in [0.4, 0.5) is 0 Å². The Bertz CT molecular complexity index is 215. The number of ether oxygens (including phenoxy) is 2. The molecule has 0 aliphatic carbocycles. The van der Waals surface area contributed by atoms with Gasteiger partial charge in [0.2, 0.25) is 0 Å². The molecule has 0 saturated heterocycles. The molecular weight excluding hydrogens is 200 g/mol. The van der Waals surface area contributed by atoms with Crippen molar-refractivity contribution in [3.63, 3.8) is 0 Å². The van der Waals surface area contributed by atoms with E-state index < -0.39 is 0 Å². The zero-order valence-electron chi connectivity index (χ0n) is 11.4. The summed E-state index contributed by atoms with van der Waals surface area (Å²) in [6.45, 7) is 13.4. The predicted molar refractivity (Wildman–Crippen MR) is 68.3 cm³/mol. The maximum atomic E-state index is 5.46. The summed E-state index contributed by atoms with van der Waals surface area (Å²) in [7, 11) is 0. The molecule has 0 atom stereocenters. The summed E-state index contributed by atoms with van der Waals surface area (Å²) in [5.41, 5.74) is 0.351. The Labute approximate surface area is 101 Å². The van der Waals surface area contributed by atoms with Crippen molar-refractivity contribution in [3.05, 3.63) is 0 Å². The summed E-state index contributed by atoms with van der Waals surface area (Å²) in [5.74, 6) is 6.45. The monoisotopic (exact) mass is 226 g/mol. The Kier molecular flexibility index (Phi) is 8.33. The molecule has 0 fully saturated rings. The Hall–Kier alpha value is -0.520. The lowest BCUT2D eigenvalue weighted by atomic mass is 9.93. The largest absolute Gasteiger partial charge is 0.379 e. The quantitative estimate of drug-likeness (QED) is 0.512. The van der Waals surface area contributed by atoms with Crippen LogP contribution >= 0.6 is 0 Å². The van der Waals surface area contributed by atoms with Gasteiger partial charge in [-0.25, -0.2) is 0 Å². The molecule has 0 aliphatic heterocycles. The Morgan fingerprint density at radius 1 is 1.00 bits per heavy atom. The molecule has 0 radical (unpaired) electrons. The minimum atomic E-state index is 0.351. The highest BCUT2D eigenvalue weighted by Gasteiger charge is 2.08. The van der Waals surface area contributed by atoms with Crippen molar-refractivity contribution in [2.24, 2.45) is 11.3 Å². The van der Waals surface area contributed by atoms with Gasteiger partial charge in [0.25, 0.3) is 0 Å². The fraction of sp³-hybridized carbons (Fsp3) is 0.857. The standard InChI is InChI=1S/C14H26O2/c1-13(2)7-6-9-15-11-12-16-10-8-14(3,4)5/h13H,8-12H2,1-5H3. The van der Waals surface area contributed by atoms with E-state index in [0.29, 0.717) is 31.2 Å². The Balaban J connectivity index is 3.20. The second-order valence-electron chi connectivity index (χ2n) is 5.45. The van der Waals surface area contributed by atoms with Gasteiger partial charge in [-0.15, -0.1) is 0 Å². The minimum Gasteiger partial charge on any atom is -0.379 e. The summed E-state index contributed by atoms with van der Waals surface area (Å²) in [6.07, 6.45) is 1.08. The van der Waals surface area contributed by atoms with Crippen LogP contribution in [0, 0.1) is 23.2 Å². The van der Waals surface area contributed by atoms with Gasteiger partial charge >= 0.3 is 0 Å². The first kappa shape index (κ1) is 15.5. The van der Waals surface area contributed by atoms with E-state index in [1.807, 2.05) is 0 Å². The zero-order valence-corrected chi connectivity index (χ0v) is 11.4. The number of hydrogen-bond donors (Lipinski definition) is 0. The highest BCUT2D eigenvalue weighted by molar-refractivity contribution is 5.01. The third-order valence-corrected chi connectivity index (χ3v) is 1.93. The molecule has 0 unspecified atom stereocenters. The van der Waals surface area contributed by atoms with Gasteiger partial charge < -0.3 is 9.47 Å². The van der Waals surface area contributed by atoms with Gasteiger partial charge in [-0.2, -0.15) is 0 Å². The molecule has 0 spiro atoms. The number of hydrogen-bond acceptors (Lipinski definition) is 2. The first-order valence-electron chi connectivity index (χ1n) is 6.06. The zero-order chi connectivity index (χ0) is 12.4. The van der Waals surface area contributed by atoms with E-state index in [0.717, 1.165) is 13.0 Å². The molecule has 0 aromatic carbocycles. The fourth-order valence-corrected chi connectivity index (χ4v) is 0.967. The molecule has 0 rings (SSSR count). The lowest BCUT2D eigenvalue weighted by Crippen LogP contribution is -2.12. The first-order valence-corrected chi connectivity index (χ1v) is 6.06. The molecule has 0 aromatic rings. The van der Waals surface area contributed by atoms with Crippen LogP contribution in [0.3, 0.4) is 0 Å². The van der Waals surface area contributed by atoms with E-state index in [2.05, 4.69) is 46.5 Å². The molecule has 2 heteroatoms. The van der Waals surface area contributed by atoms with Crippen molar-refractivity contribution >= 4 is 0 Å². The van der Waals surface area contributed by atoms with Gasteiger partial charge in [0.1, 0.15) is 6.61 Å². The average Bonchev–Trinajstić information content (AvgIpc) is 2.13. The molecule has 2 nitrogen and oxygen atoms in total. The van der Waals surface area contributed by atoms with Gasteiger partial charge in [0.15, 0.2) is 0 Å². The topological polar surface area (TPSA) is 18.5 Å². The second-order valence-corrected chi connectivity index (χ2v) is 5.45. The van der Waals surface area contributed by atoms with Crippen molar-refractivity contribution in [2.45, 2.75) is 41.0 Å². The van der Waals surface area contributed by atoms with Crippen molar-refractivity contribution in [3.8, 4) is 11.8 Å². The summed E-state index contributed by atoms with van der Waals surface area (Å²) < 4.78 is 10.8. The summed E-state index contributed by atoms with van der Waals surface area (Å²) in [5, 5.41) is 0. The highest BCUT2D eigenvalue weighted by Crippen LogP contribution is 2.17. The van der Waals surface area contributed by atoms with Crippen molar-refractivity contribution in [2.75, 3.05) is 26.4 Å². The maximum Gasteiger partial charge on any atom is 0.107 e. The summed E-state index contributed by atoms with van der Waals surface area (Å²) >= 11 is 0. The van der Waals surface area contributed by atoms with Crippen LogP contribution < -0.4 is 0 Å². The van der Waals surface area contributed by atoms with Crippen LogP contribution in [0.25, 0.3) is 0 Å². The number of rotatable bonds is 6. The molecule has 0 aromatic heterocycles. The molecule has 94 valence electrons. The third-order valence-electron chi connectivity index (χ3n) is 1.93. The van der Waals surface area contributed by atoms with E-state index >= 15 is 0 Å². The van der Waals surface area contributed by atoms with Crippen LogP contribution in [0.5, 0.6) is 0 Å². The van der Waals surface area contributed by atoms with Gasteiger partial charge in [-0.05, 0) is 11.8 Å². The lowest BCUT2D eigenvalue weighted by molar-refractivity contribution is 0.0492. The third kappa shape index (κ3) is 13.5. The van der Waals surface area contributed by atoms with E-state index in [4.69, 9.17) is 9.47 Å². The fourth-order valence-electron chi connectivity index (χ4n) is 0.967. The molecule has 0 N–H and O–H groups in total. The lowest BCUT2D eigenvalue weighted by Gasteiger charge is -2.17. The van der Waals surface area contributed by atoms with Gasteiger partial charge in [0.05, 0.1) is 13.2 Å². The summed E-state index contributed by atoms with van der Waals surface area (Å²) in [4.78, 5) is 0. The highest BCUT2D eigenvalue weighted by atomic mass is 16.5. The van der Waals surface area contributed by atoms with E-state index in [1.165, 1.54) is 0 Å². The Morgan fingerprint density at radius 2 is 1.62 bits per heavy atom.